The monoisotopic (exact) mass is 355 g/mol. The van der Waals surface area contributed by atoms with Gasteiger partial charge in [-0.25, -0.2) is 0 Å². The summed E-state index contributed by atoms with van der Waals surface area (Å²) >= 11 is 0. The fourth-order valence-electron chi connectivity index (χ4n) is 3.42. The molecule has 0 saturated carbocycles. The van der Waals surface area contributed by atoms with Crippen molar-refractivity contribution in [3.8, 4) is 0 Å². The Labute approximate surface area is 146 Å². The molecule has 2 heterocycles. The molecule has 0 aliphatic carbocycles. The van der Waals surface area contributed by atoms with E-state index in [-0.39, 0.29) is 36.1 Å². The van der Waals surface area contributed by atoms with E-state index in [2.05, 4.69) is 22.5 Å². The number of likely N-dealkylation sites (N-methyl/N-ethyl adjacent to an activating group) is 1. The molecule has 2 fully saturated rings. The van der Waals surface area contributed by atoms with Crippen LogP contribution in [-0.2, 0) is 9.53 Å². The minimum atomic E-state index is -0.325. The van der Waals surface area contributed by atoms with E-state index in [4.69, 9.17) is 4.74 Å². The van der Waals surface area contributed by atoms with E-state index in [1.54, 1.807) is 7.11 Å². The zero-order valence-electron chi connectivity index (χ0n) is 13.7. The average Bonchev–Trinajstić information content (AvgIpc) is 2.48. The maximum Gasteiger partial charge on any atom is 0.228 e. The molecule has 7 heteroatoms. The third-order valence-electron chi connectivity index (χ3n) is 4.75. The molecule has 2 aliphatic heterocycles. The second-order valence-corrected chi connectivity index (χ2v) is 6.17. The van der Waals surface area contributed by atoms with Gasteiger partial charge in [0.15, 0.2) is 0 Å². The summed E-state index contributed by atoms with van der Waals surface area (Å²) in [6, 6.07) is 0.305. The van der Waals surface area contributed by atoms with Gasteiger partial charge in [0.25, 0.3) is 0 Å². The first-order chi connectivity index (χ1) is 9.70. The number of piperidine rings is 2. The topological polar surface area (TPSA) is 53.6 Å². The number of nitrogens with one attached hydrogen (secondary N) is 2. The van der Waals surface area contributed by atoms with E-state index in [1.807, 2.05) is 0 Å². The quantitative estimate of drug-likeness (QED) is 0.783. The van der Waals surface area contributed by atoms with Crippen LogP contribution in [0.5, 0.6) is 0 Å². The van der Waals surface area contributed by atoms with E-state index in [1.165, 1.54) is 6.42 Å². The summed E-state index contributed by atoms with van der Waals surface area (Å²) in [5, 5.41) is 6.62. The maximum atomic E-state index is 12.7. The Morgan fingerprint density at radius 3 is 2.64 bits per heavy atom. The highest BCUT2D eigenvalue weighted by molar-refractivity contribution is 5.85. The maximum absolute atomic E-state index is 12.7. The molecule has 2 rings (SSSR count). The minimum absolute atomic E-state index is 0. The molecule has 5 nitrogen and oxygen atoms in total. The largest absolute Gasteiger partial charge is 0.384 e. The molecular formula is C15H31Cl2N3O2. The van der Waals surface area contributed by atoms with Crippen LogP contribution >= 0.6 is 24.8 Å². The lowest BCUT2D eigenvalue weighted by molar-refractivity contribution is -0.137. The minimum Gasteiger partial charge on any atom is -0.384 e. The predicted octanol–water partition coefficient (Wildman–Crippen LogP) is 1.45. The molecule has 1 unspecified atom stereocenters. The van der Waals surface area contributed by atoms with Gasteiger partial charge in [0.2, 0.25) is 5.91 Å². The molecule has 0 aromatic carbocycles. The normalized spacial score (nSPS) is 24.7. The van der Waals surface area contributed by atoms with Crippen LogP contribution in [0.3, 0.4) is 0 Å². The zero-order valence-corrected chi connectivity index (χ0v) is 15.4. The van der Waals surface area contributed by atoms with Gasteiger partial charge in [0.1, 0.15) is 0 Å². The first-order valence-corrected chi connectivity index (χ1v) is 7.93. The second kappa shape index (κ2) is 10.7. The molecule has 0 radical (unpaired) electrons. The Morgan fingerprint density at radius 2 is 2.05 bits per heavy atom. The second-order valence-electron chi connectivity index (χ2n) is 6.17. The van der Waals surface area contributed by atoms with Crippen LogP contribution in [0, 0.1) is 5.41 Å². The Balaban J connectivity index is 0.00000220. The number of halogens is 2. The molecule has 0 aromatic heterocycles. The Morgan fingerprint density at radius 1 is 1.36 bits per heavy atom. The third kappa shape index (κ3) is 5.53. The van der Waals surface area contributed by atoms with E-state index in [0.29, 0.717) is 12.6 Å². The van der Waals surface area contributed by atoms with Crippen molar-refractivity contribution in [2.75, 3.05) is 46.4 Å². The highest BCUT2D eigenvalue weighted by Gasteiger charge is 2.40. The third-order valence-corrected chi connectivity index (χ3v) is 4.75. The zero-order chi connectivity index (χ0) is 14.4. The number of likely N-dealkylation sites (tertiary alicyclic amines) is 1. The first-order valence-electron chi connectivity index (χ1n) is 7.93. The summed E-state index contributed by atoms with van der Waals surface area (Å²) in [7, 11) is 1.69. The molecule has 132 valence electrons. The van der Waals surface area contributed by atoms with E-state index < -0.39 is 0 Å². The van der Waals surface area contributed by atoms with Crippen LogP contribution in [0.25, 0.3) is 0 Å². The molecule has 1 amide bonds. The summed E-state index contributed by atoms with van der Waals surface area (Å²) in [5.74, 6) is 0.198. The summed E-state index contributed by atoms with van der Waals surface area (Å²) < 4.78 is 5.34. The first kappa shape index (κ1) is 21.9. The predicted molar refractivity (Wildman–Crippen MR) is 94.2 cm³/mol. The Kier molecular flexibility index (Phi) is 10.6. The lowest BCUT2D eigenvalue weighted by atomic mass is 9.78. The van der Waals surface area contributed by atoms with Crippen molar-refractivity contribution in [2.24, 2.45) is 5.41 Å². The van der Waals surface area contributed by atoms with Gasteiger partial charge < -0.3 is 20.3 Å². The van der Waals surface area contributed by atoms with Crippen molar-refractivity contribution in [3.05, 3.63) is 0 Å². The van der Waals surface area contributed by atoms with E-state index in [0.717, 1.165) is 52.0 Å². The van der Waals surface area contributed by atoms with Crippen molar-refractivity contribution < 1.29 is 9.53 Å². The lowest BCUT2D eigenvalue weighted by Gasteiger charge is -2.39. The van der Waals surface area contributed by atoms with Crippen LogP contribution in [0.15, 0.2) is 0 Å². The van der Waals surface area contributed by atoms with Crippen molar-refractivity contribution >= 4 is 30.7 Å². The van der Waals surface area contributed by atoms with Gasteiger partial charge in [-0.1, -0.05) is 6.92 Å². The van der Waals surface area contributed by atoms with Gasteiger partial charge in [-0.15, -0.1) is 24.8 Å². The smallest absolute Gasteiger partial charge is 0.228 e. The molecule has 22 heavy (non-hydrogen) atoms. The molecule has 0 aromatic rings. The van der Waals surface area contributed by atoms with Gasteiger partial charge in [-0.2, -0.15) is 0 Å². The summed E-state index contributed by atoms with van der Waals surface area (Å²) in [4.78, 5) is 15.2. The standard InChI is InChI=1S/C15H29N3O2.2ClH/c1-3-18-10-4-5-13(11-18)17-14(19)15(12-20-2)6-8-16-9-7-15;;/h13,16H,3-12H2,1-2H3,(H,17,19);2*1H. The van der Waals surface area contributed by atoms with Gasteiger partial charge in [-0.3, -0.25) is 4.79 Å². The van der Waals surface area contributed by atoms with Gasteiger partial charge in [0, 0.05) is 19.7 Å². The molecule has 1 atom stereocenters. The summed E-state index contributed by atoms with van der Waals surface area (Å²) in [6.07, 6.45) is 4.02. The molecule has 0 spiro atoms. The molecule has 2 saturated heterocycles. The van der Waals surface area contributed by atoms with Crippen LogP contribution < -0.4 is 10.6 Å². The van der Waals surface area contributed by atoms with Crippen molar-refractivity contribution in [3.63, 3.8) is 0 Å². The Hall–Kier alpha value is -0.0700. The lowest BCUT2D eigenvalue weighted by Crippen LogP contribution is -2.55. The van der Waals surface area contributed by atoms with Crippen molar-refractivity contribution in [1.29, 1.82) is 0 Å². The summed E-state index contributed by atoms with van der Waals surface area (Å²) in [5.41, 5.74) is -0.325. The highest BCUT2D eigenvalue weighted by atomic mass is 35.5. The number of ether oxygens (including phenoxy) is 1. The molecular weight excluding hydrogens is 325 g/mol. The fourth-order valence-corrected chi connectivity index (χ4v) is 3.42. The van der Waals surface area contributed by atoms with Gasteiger partial charge in [-0.05, 0) is 51.9 Å². The number of hydrogen-bond donors (Lipinski definition) is 2. The number of methoxy groups -OCH3 is 1. The fraction of sp³-hybridized carbons (Fsp3) is 0.933. The van der Waals surface area contributed by atoms with E-state index >= 15 is 0 Å². The van der Waals surface area contributed by atoms with Crippen molar-refractivity contribution in [1.82, 2.24) is 15.5 Å². The molecule has 0 bridgehead atoms. The molecule has 2 N–H and O–H groups in total. The number of carbonyl (C=O) groups is 1. The number of rotatable bonds is 5. The Bertz CT molecular complexity index is 320. The van der Waals surface area contributed by atoms with Crippen LogP contribution in [0.1, 0.15) is 32.6 Å². The molecule has 2 aliphatic rings. The van der Waals surface area contributed by atoms with Crippen LogP contribution in [-0.4, -0.2) is 63.3 Å². The number of hydrogen-bond acceptors (Lipinski definition) is 4. The SMILES string of the molecule is CCN1CCCC(NC(=O)C2(COC)CCNCC2)C1.Cl.Cl. The summed E-state index contributed by atoms with van der Waals surface area (Å²) in [6.45, 7) is 7.75. The van der Waals surface area contributed by atoms with E-state index in [9.17, 15) is 4.79 Å². The highest BCUT2D eigenvalue weighted by Crippen LogP contribution is 2.30. The van der Waals surface area contributed by atoms with Crippen molar-refractivity contribution in [2.45, 2.75) is 38.6 Å². The van der Waals surface area contributed by atoms with Crippen LogP contribution in [0.2, 0.25) is 0 Å². The van der Waals surface area contributed by atoms with Gasteiger partial charge in [0.05, 0.1) is 12.0 Å². The number of amides is 1. The number of nitrogens with zero attached hydrogens (tertiary/aromatic N) is 1. The van der Waals surface area contributed by atoms with Gasteiger partial charge >= 0.3 is 0 Å². The number of carbonyl (C=O) groups excluding carboxylic acids is 1. The van der Waals surface area contributed by atoms with Crippen LogP contribution in [0.4, 0.5) is 0 Å². The average molecular weight is 356 g/mol.